The van der Waals surface area contributed by atoms with Gasteiger partial charge in [0.05, 0.1) is 25.4 Å². The van der Waals surface area contributed by atoms with Gasteiger partial charge in [-0.15, -0.1) is 23.0 Å². The molecule has 136 valence electrons. The van der Waals surface area contributed by atoms with Crippen LogP contribution in [0.3, 0.4) is 0 Å². The topological polar surface area (TPSA) is 163 Å². The van der Waals surface area contributed by atoms with Crippen molar-refractivity contribution in [2.24, 2.45) is 11.7 Å². The number of terminal acetylenes is 1. The van der Waals surface area contributed by atoms with E-state index in [0.29, 0.717) is 13.2 Å². The van der Waals surface area contributed by atoms with E-state index in [1.807, 2.05) is 0 Å². The van der Waals surface area contributed by atoms with Gasteiger partial charge in [-0.1, -0.05) is 0 Å². The van der Waals surface area contributed by atoms with Gasteiger partial charge in [-0.05, 0) is 13.3 Å². The van der Waals surface area contributed by atoms with Crippen LogP contribution in [0, 0.1) is 28.9 Å². The second-order valence-electron chi connectivity index (χ2n) is 4.82. The van der Waals surface area contributed by atoms with Gasteiger partial charge in [0.15, 0.2) is 0 Å². The van der Waals surface area contributed by atoms with Crippen molar-refractivity contribution in [2.75, 3.05) is 19.8 Å². The molecule has 11 nitrogen and oxygen atoms in total. The number of ether oxygens (including phenoxy) is 2. The zero-order valence-electron chi connectivity index (χ0n) is 13.1. The first-order valence-electron chi connectivity index (χ1n) is 6.94. The van der Waals surface area contributed by atoms with Gasteiger partial charge in [0.25, 0.3) is 5.09 Å². The number of carbonyl (C=O) groups is 2. The zero-order valence-corrected chi connectivity index (χ0v) is 13.1. The number of amides is 2. The summed E-state index contributed by atoms with van der Waals surface area (Å²) in [6.07, 6.45) is 7.26. The van der Waals surface area contributed by atoms with E-state index in [0.717, 1.165) is 6.42 Å². The lowest BCUT2D eigenvalue weighted by Crippen LogP contribution is -2.33. The Hall–Kier alpha value is -2.58. The summed E-state index contributed by atoms with van der Waals surface area (Å²) < 4.78 is 10.9. The van der Waals surface area contributed by atoms with E-state index in [1.54, 1.807) is 12.2 Å². The van der Waals surface area contributed by atoms with Crippen LogP contribution in [0.5, 0.6) is 0 Å². The Labute approximate surface area is 138 Å². The predicted molar refractivity (Wildman–Crippen MR) is 80.2 cm³/mol. The molecule has 0 aliphatic carbocycles. The molecule has 0 aromatic heterocycles. The number of carbonyl (C=O) groups excluding carboxylic acids is 1. The third-order valence-corrected chi connectivity index (χ3v) is 3.27. The van der Waals surface area contributed by atoms with Gasteiger partial charge in [-0.3, -0.25) is 4.79 Å². The molecule has 2 heterocycles. The Morgan fingerprint density at radius 2 is 2.12 bits per heavy atom. The van der Waals surface area contributed by atoms with Crippen LogP contribution in [0.25, 0.3) is 0 Å². The van der Waals surface area contributed by atoms with E-state index >= 15 is 0 Å². The maximum atomic E-state index is 10.2. The van der Waals surface area contributed by atoms with Gasteiger partial charge in [0.2, 0.25) is 5.91 Å². The number of rotatable bonds is 5. The summed E-state index contributed by atoms with van der Waals surface area (Å²) in [5.41, 5.74) is 4.58. The molecule has 2 aliphatic rings. The molecule has 0 aromatic carbocycles. The zero-order chi connectivity index (χ0) is 18.7. The molecule has 0 aromatic rings. The first kappa shape index (κ1) is 21.4. The molecule has 24 heavy (non-hydrogen) atoms. The Balaban J connectivity index is 0.000000456. The highest BCUT2D eigenvalue weighted by atomic mass is 17.0. The fraction of sp³-hybridized carbons (Fsp3) is 0.692. The molecular weight excluding hydrogens is 326 g/mol. The number of hydrogen-bond acceptors (Lipinski definition) is 7. The maximum Gasteiger partial charge on any atom is 0.405 e. The second-order valence-corrected chi connectivity index (χ2v) is 4.82. The van der Waals surface area contributed by atoms with Gasteiger partial charge in [-0.2, -0.15) is 0 Å². The highest BCUT2D eigenvalue weighted by Gasteiger charge is 2.45. The van der Waals surface area contributed by atoms with E-state index in [2.05, 4.69) is 23.4 Å². The predicted octanol–water partition coefficient (Wildman–Crippen LogP) is -0.624. The Bertz CT molecular complexity index is 442. The van der Waals surface area contributed by atoms with Crippen LogP contribution in [0.4, 0.5) is 4.79 Å². The van der Waals surface area contributed by atoms with Crippen molar-refractivity contribution in [1.29, 1.82) is 0 Å². The number of nitrogens with zero attached hydrogens (tertiary/aromatic N) is 1. The molecule has 2 saturated heterocycles. The summed E-state index contributed by atoms with van der Waals surface area (Å²) in [5.74, 6) is -0.708. The molecule has 11 heteroatoms. The van der Waals surface area contributed by atoms with Crippen molar-refractivity contribution in [3.05, 3.63) is 10.1 Å². The van der Waals surface area contributed by atoms with Crippen LogP contribution in [-0.4, -0.2) is 60.3 Å². The molecule has 4 atom stereocenters. The Kier molecular flexibility index (Phi) is 9.85. The fourth-order valence-electron chi connectivity index (χ4n) is 2.28. The summed E-state index contributed by atoms with van der Waals surface area (Å²) in [7, 11) is 0. The van der Waals surface area contributed by atoms with E-state index in [4.69, 9.17) is 14.6 Å². The quantitative estimate of drug-likeness (QED) is 0.336. The maximum absolute atomic E-state index is 10.2. The number of fused-ring (bicyclic) bond motifs is 1. The number of nitrogens with two attached hydrogens (primary N) is 1. The van der Waals surface area contributed by atoms with Crippen molar-refractivity contribution in [3.8, 4) is 12.8 Å². The minimum absolute atomic E-state index is 0.0205. The van der Waals surface area contributed by atoms with Gasteiger partial charge in [0.1, 0.15) is 6.10 Å². The minimum Gasteiger partial charge on any atom is -0.465 e. The summed E-state index contributed by atoms with van der Waals surface area (Å²) in [4.78, 5) is 34.0. The Morgan fingerprint density at radius 1 is 1.50 bits per heavy atom. The molecule has 2 rings (SSSR count). The summed E-state index contributed by atoms with van der Waals surface area (Å²) in [6, 6.07) is 0. The van der Waals surface area contributed by atoms with Gasteiger partial charge in [0, 0.05) is 12.5 Å². The largest absolute Gasteiger partial charge is 0.465 e. The normalized spacial score (nSPS) is 24.9. The van der Waals surface area contributed by atoms with E-state index in [-0.39, 0.29) is 24.7 Å². The van der Waals surface area contributed by atoms with Crippen molar-refractivity contribution in [1.82, 2.24) is 5.32 Å². The molecule has 4 N–H and O–H groups in total. The highest BCUT2D eigenvalue weighted by molar-refractivity contribution is 5.79. The lowest BCUT2D eigenvalue weighted by Gasteiger charge is -2.20. The number of carboxylic acid groups (broad SMARTS) is 1. The summed E-state index contributed by atoms with van der Waals surface area (Å²) in [5, 5.41) is 19.0. The number of hydrogen-bond donors (Lipinski definition) is 3. The average molecular weight is 347 g/mol. The molecule has 1 unspecified atom stereocenters. The standard InChI is InChI=1S/C8H13NO5.C3H6N2O3.C2H2/c1-5(14-9(10)11)6-4-13-7-2-3-12-8(6)7;4-2(6)1-5-3(7)8;1-2/h5-8H,2-4H2,1H3;5H,1H2,(H2,4,6)(H,7,8);1-2H/t5-,6?,7+,8+;;/m0../s1. The number of primary amides is 1. The second kappa shape index (κ2) is 11.0. The SMILES string of the molecule is C#C.C[C@H](O[N+](=O)[O-])C1CO[C@@H]2CCO[C@H]12.NC(=O)CNC(=O)O. The van der Waals surface area contributed by atoms with Gasteiger partial charge >= 0.3 is 6.09 Å². The monoisotopic (exact) mass is 347 g/mol. The first-order chi connectivity index (χ1) is 11.3. The van der Waals surface area contributed by atoms with Gasteiger partial charge in [-0.25, -0.2) is 4.79 Å². The lowest BCUT2D eigenvalue weighted by atomic mass is 9.97. The van der Waals surface area contributed by atoms with Gasteiger partial charge < -0.3 is 30.5 Å². The fourth-order valence-corrected chi connectivity index (χ4v) is 2.28. The van der Waals surface area contributed by atoms with E-state index < -0.39 is 23.2 Å². The highest BCUT2D eigenvalue weighted by Crippen LogP contribution is 2.33. The van der Waals surface area contributed by atoms with Crippen molar-refractivity contribution in [2.45, 2.75) is 31.7 Å². The van der Waals surface area contributed by atoms with Crippen LogP contribution < -0.4 is 11.1 Å². The average Bonchev–Trinajstić information content (AvgIpc) is 3.09. The van der Waals surface area contributed by atoms with Crippen LogP contribution in [0.2, 0.25) is 0 Å². The number of nitrogens with one attached hydrogen (secondary N) is 1. The molecular formula is C13H21N3O8. The van der Waals surface area contributed by atoms with E-state index in [1.165, 1.54) is 0 Å². The molecule has 0 saturated carbocycles. The van der Waals surface area contributed by atoms with Crippen LogP contribution in [-0.2, 0) is 19.1 Å². The Morgan fingerprint density at radius 3 is 2.58 bits per heavy atom. The van der Waals surface area contributed by atoms with E-state index in [9.17, 15) is 19.7 Å². The third kappa shape index (κ3) is 7.61. The molecule has 0 bridgehead atoms. The smallest absolute Gasteiger partial charge is 0.405 e. The minimum atomic E-state index is -1.25. The van der Waals surface area contributed by atoms with Crippen molar-refractivity contribution >= 4 is 12.0 Å². The van der Waals surface area contributed by atoms with Crippen LogP contribution in [0.15, 0.2) is 0 Å². The first-order valence-corrected chi connectivity index (χ1v) is 6.94. The molecule has 2 amide bonds. The summed E-state index contributed by atoms with van der Waals surface area (Å²) >= 11 is 0. The third-order valence-electron chi connectivity index (χ3n) is 3.27. The molecule has 0 radical (unpaired) electrons. The molecule has 2 aliphatic heterocycles. The molecule has 0 spiro atoms. The van der Waals surface area contributed by atoms with Crippen LogP contribution in [0.1, 0.15) is 13.3 Å². The van der Waals surface area contributed by atoms with Crippen molar-refractivity contribution < 1.29 is 34.1 Å². The summed E-state index contributed by atoms with van der Waals surface area (Å²) in [6.45, 7) is 2.53. The lowest BCUT2D eigenvalue weighted by molar-refractivity contribution is -0.769. The molecule has 2 fully saturated rings. The van der Waals surface area contributed by atoms with Crippen molar-refractivity contribution in [3.63, 3.8) is 0 Å². The van der Waals surface area contributed by atoms with Crippen LogP contribution >= 0.6 is 0 Å².